The summed E-state index contributed by atoms with van der Waals surface area (Å²) in [5.41, 5.74) is 2.73. The SMILES string of the molecule is Cc1nc(COc2ccccc2/C=C/C(=O)Nc2cccc(NC(=O)c3ccco3)c2)cs1. The third-order valence-corrected chi connectivity index (χ3v) is 5.33. The molecule has 166 valence electrons. The van der Waals surface area contributed by atoms with Crippen molar-refractivity contribution >= 4 is 40.6 Å². The van der Waals surface area contributed by atoms with Crippen LogP contribution in [0.15, 0.2) is 82.8 Å². The molecular weight excluding hydrogens is 438 g/mol. The van der Waals surface area contributed by atoms with Gasteiger partial charge in [-0.3, -0.25) is 9.59 Å². The third-order valence-electron chi connectivity index (χ3n) is 4.51. The Hall–Kier alpha value is -4.17. The zero-order chi connectivity index (χ0) is 23.0. The van der Waals surface area contributed by atoms with E-state index in [2.05, 4.69) is 15.6 Å². The second kappa shape index (κ2) is 10.4. The van der Waals surface area contributed by atoms with E-state index in [1.54, 1.807) is 53.8 Å². The lowest BCUT2D eigenvalue weighted by atomic mass is 10.2. The van der Waals surface area contributed by atoms with Gasteiger partial charge in [0.1, 0.15) is 12.4 Å². The highest BCUT2D eigenvalue weighted by atomic mass is 32.1. The fraction of sp³-hybridized carbons (Fsp3) is 0.0800. The smallest absolute Gasteiger partial charge is 0.291 e. The van der Waals surface area contributed by atoms with Gasteiger partial charge in [-0.1, -0.05) is 24.3 Å². The largest absolute Gasteiger partial charge is 0.487 e. The summed E-state index contributed by atoms with van der Waals surface area (Å²) in [5, 5.41) is 8.47. The maximum Gasteiger partial charge on any atom is 0.291 e. The molecule has 2 aromatic heterocycles. The third kappa shape index (κ3) is 6.18. The van der Waals surface area contributed by atoms with Crippen LogP contribution in [-0.4, -0.2) is 16.8 Å². The van der Waals surface area contributed by atoms with Gasteiger partial charge < -0.3 is 19.8 Å². The van der Waals surface area contributed by atoms with Gasteiger partial charge in [-0.05, 0) is 49.4 Å². The Bertz CT molecular complexity index is 1280. The second-order valence-electron chi connectivity index (χ2n) is 7.02. The van der Waals surface area contributed by atoms with Crippen molar-refractivity contribution in [2.45, 2.75) is 13.5 Å². The summed E-state index contributed by atoms with van der Waals surface area (Å²) in [6, 6.07) is 17.6. The number of furan rings is 1. The van der Waals surface area contributed by atoms with E-state index in [9.17, 15) is 9.59 Å². The predicted molar refractivity (Wildman–Crippen MR) is 128 cm³/mol. The van der Waals surface area contributed by atoms with E-state index in [4.69, 9.17) is 9.15 Å². The van der Waals surface area contributed by atoms with Crippen LogP contribution < -0.4 is 15.4 Å². The lowest BCUT2D eigenvalue weighted by Crippen LogP contribution is -2.12. The molecule has 2 aromatic carbocycles. The number of carbonyl (C=O) groups is 2. The summed E-state index contributed by atoms with van der Waals surface area (Å²) < 4.78 is 11.0. The molecule has 7 nitrogen and oxygen atoms in total. The summed E-state index contributed by atoms with van der Waals surface area (Å²) in [4.78, 5) is 29.0. The van der Waals surface area contributed by atoms with Crippen molar-refractivity contribution in [3.8, 4) is 5.75 Å². The Kier molecular flexibility index (Phi) is 6.96. The number of amides is 2. The highest BCUT2D eigenvalue weighted by molar-refractivity contribution is 7.09. The molecule has 0 aliphatic carbocycles. The molecule has 4 aromatic rings. The molecule has 0 atom stereocenters. The van der Waals surface area contributed by atoms with E-state index in [0.29, 0.717) is 23.7 Å². The Morgan fingerprint density at radius 2 is 1.88 bits per heavy atom. The number of nitrogens with one attached hydrogen (secondary N) is 2. The number of anilines is 2. The molecule has 0 spiro atoms. The van der Waals surface area contributed by atoms with Gasteiger partial charge in [0.25, 0.3) is 5.91 Å². The number of carbonyl (C=O) groups excluding carboxylic acids is 2. The Labute approximate surface area is 194 Å². The molecule has 33 heavy (non-hydrogen) atoms. The first-order valence-corrected chi connectivity index (χ1v) is 11.0. The van der Waals surface area contributed by atoms with Crippen LogP contribution in [0.1, 0.15) is 26.8 Å². The number of ether oxygens (including phenoxy) is 1. The maximum atomic E-state index is 12.4. The van der Waals surface area contributed by atoms with Crippen LogP contribution >= 0.6 is 11.3 Å². The monoisotopic (exact) mass is 459 g/mol. The van der Waals surface area contributed by atoms with Gasteiger partial charge in [-0.2, -0.15) is 0 Å². The van der Waals surface area contributed by atoms with E-state index in [1.165, 1.54) is 12.3 Å². The average Bonchev–Trinajstić information content (AvgIpc) is 3.49. The minimum Gasteiger partial charge on any atom is -0.487 e. The van der Waals surface area contributed by atoms with Crippen molar-refractivity contribution < 1.29 is 18.7 Å². The van der Waals surface area contributed by atoms with Crippen LogP contribution in [0, 0.1) is 6.92 Å². The number of nitrogens with zero attached hydrogens (tertiary/aromatic N) is 1. The molecule has 0 aliphatic rings. The van der Waals surface area contributed by atoms with E-state index in [1.807, 2.05) is 36.6 Å². The lowest BCUT2D eigenvalue weighted by Gasteiger charge is -2.08. The fourth-order valence-electron chi connectivity index (χ4n) is 3.00. The van der Waals surface area contributed by atoms with Gasteiger partial charge in [0.2, 0.25) is 5.91 Å². The maximum absolute atomic E-state index is 12.4. The summed E-state index contributed by atoms with van der Waals surface area (Å²) >= 11 is 1.58. The molecule has 0 fully saturated rings. The topological polar surface area (TPSA) is 93.5 Å². The Morgan fingerprint density at radius 1 is 1.06 bits per heavy atom. The Balaban J connectivity index is 1.37. The van der Waals surface area contributed by atoms with Crippen molar-refractivity contribution in [1.82, 2.24) is 4.98 Å². The first-order valence-electron chi connectivity index (χ1n) is 10.1. The van der Waals surface area contributed by atoms with Crippen molar-refractivity contribution in [2.75, 3.05) is 10.6 Å². The molecule has 8 heteroatoms. The van der Waals surface area contributed by atoms with Crippen LogP contribution in [0.4, 0.5) is 11.4 Å². The normalized spacial score (nSPS) is 10.8. The van der Waals surface area contributed by atoms with E-state index in [-0.39, 0.29) is 17.6 Å². The molecule has 0 bridgehead atoms. The van der Waals surface area contributed by atoms with Crippen LogP contribution in [0.25, 0.3) is 6.08 Å². The number of benzene rings is 2. The van der Waals surface area contributed by atoms with Crippen LogP contribution in [0.3, 0.4) is 0 Å². The lowest BCUT2D eigenvalue weighted by molar-refractivity contribution is -0.111. The number of aryl methyl sites for hydroxylation is 1. The average molecular weight is 460 g/mol. The number of hydrogen-bond donors (Lipinski definition) is 2. The zero-order valence-corrected chi connectivity index (χ0v) is 18.6. The van der Waals surface area contributed by atoms with Gasteiger partial charge in [0, 0.05) is 28.4 Å². The summed E-state index contributed by atoms with van der Waals surface area (Å²) in [6.45, 7) is 2.31. The molecule has 2 heterocycles. The van der Waals surface area contributed by atoms with E-state index < -0.39 is 0 Å². The van der Waals surface area contributed by atoms with Crippen molar-refractivity contribution in [3.05, 3.63) is 100 Å². The molecule has 0 radical (unpaired) electrons. The van der Waals surface area contributed by atoms with E-state index in [0.717, 1.165) is 16.3 Å². The van der Waals surface area contributed by atoms with Gasteiger partial charge in [-0.15, -0.1) is 11.3 Å². The van der Waals surface area contributed by atoms with Gasteiger partial charge in [-0.25, -0.2) is 4.98 Å². The van der Waals surface area contributed by atoms with Crippen LogP contribution in [0.5, 0.6) is 5.75 Å². The summed E-state index contributed by atoms with van der Waals surface area (Å²) in [6.07, 6.45) is 4.56. The molecule has 0 aliphatic heterocycles. The zero-order valence-electron chi connectivity index (χ0n) is 17.8. The predicted octanol–water partition coefficient (Wildman–Crippen LogP) is 5.53. The first kappa shape index (κ1) is 22.0. The van der Waals surface area contributed by atoms with Gasteiger partial charge in [0.05, 0.1) is 17.0 Å². The molecule has 2 N–H and O–H groups in total. The second-order valence-corrected chi connectivity index (χ2v) is 8.08. The number of hydrogen-bond acceptors (Lipinski definition) is 6. The minimum absolute atomic E-state index is 0.207. The van der Waals surface area contributed by atoms with Crippen LogP contribution in [-0.2, 0) is 11.4 Å². The molecule has 2 amide bonds. The standard InChI is InChI=1S/C25H21N3O4S/c1-17-26-21(16-33-17)15-32-22-9-3-2-6-18(22)11-12-24(29)27-19-7-4-8-20(14-19)28-25(30)23-10-5-13-31-23/h2-14,16H,15H2,1H3,(H,27,29)(H,28,30)/b12-11+. The number of thiazole rings is 1. The minimum atomic E-state index is -0.368. The molecule has 0 saturated carbocycles. The van der Waals surface area contributed by atoms with Crippen molar-refractivity contribution in [1.29, 1.82) is 0 Å². The fourth-order valence-corrected chi connectivity index (χ4v) is 3.60. The summed E-state index contributed by atoms with van der Waals surface area (Å²) in [7, 11) is 0. The highest BCUT2D eigenvalue weighted by Gasteiger charge is 2.09. The van der Waals surface area contributed by atoms with Gasteiger partial charge in [0.15, 0.2) is 5.76 Å². The number of aromatic nitrogens is 1. The Morgan fingerprint density at radius 3 is 2.64 bits per heavy atom. The summed E-state index contributed by atoms with van der Waals surface area (Å²) in [5.74, 6) is 0.190. The number of rotatable bonds is 8. The van der Waals surface area contributed by atoms with Gasteiger partial charge >= 0.3 is 0 Å². The first-order chi connectivity index (χ1) is 16.1. The van der Waals surface area contributed by atoms with Crippen molar-refractivity contribution in [2.24, 2.45) is 0 Å². The molecule has 0 unspecified atom stereocenters. The van der Waals surface area contributed by atoms with Crippen molar-refractivity contribution in [3.63, 3.8) is 0 Å². The quantitative estimate of drug-likeness (QED) is 0.338. The van der Waals surface area contributed by atoms with Crippen LogP contribution in [0.2, 0.25) is 0 Å². The molecule has 0 saturated heterocycles. The van der Waals surface area contributed by atoms with E-state index >= 15 is 0 Å². The molecular formula is C25H21N3O4S. The highest BCUT2D eigenvalue weighted by Crippen LogP contribution is 2.22. The number of para-hydroxylation sites is 1. The molecule has 4 rings (SSSR count).